The molecule has 1 saturated carbocycles. The summed E-state index contributed by atoms with van der Waals surface area (Å²) in [5, 5.41) is 0. The van der Waals surface area contributed by atoms with Crippen molar-refractivity contribution < 1.29 is 4.79 Å². The number of nitrogens with zero attached hydrogens (tertiary/aromatic N) is 1. The molecule has 1 atom stereocenters. The summed E-state index contributed by atoms with van der Waals surface area (Å²) < 4.78 is 0. The fraction of sp³-hybridized carbons (Fsp3) is 0.941. The maximum Gasteiger partial charge on any atom is 0.225 e. The molecule has 2 fully saturated rings. The highest BCUT2D eigenvalue weighted by atomic mass is 16.2. The number of likely N-dealkylation sites (tertiary alicyclic amines) is 1. The van der Waals surface area contributed by atoms with Crippen molar-refractivity contribution in [1.29, 1.82) is 0 Å². The second-order valence-corrected chi connectivity index (χ2v) is 7.21. The fourth-order valence-electron chi connectivity index (χ4n) is 3.91. The molecule has 116 valence electrons. The van der Waals surface area contributed by atoms with Crippen LogP contribution in [0.2, 0.25) is 0 Å². The van der Waals surface area contributed by atoms with Crippen molar-refractivity contribution in [2.24, 2.45) is 29.4 Å². The molecule has 1 unspecified atom stereocenters. The lowest BCUT2D eigenvalue weighted by atomic mass is 9.81. The van der Waals surface area contributed by atoms with Crippen molar-refractivity contribution in [2.75, 3.05) is 19.6 Å². The third-order valence-corrected chi connectivity index (χ3v) is 5.56. The van der Waals surface area contributed by atoms with E-state index in [4.69, 9.17) is 5.73 Å². The predicted octanol–water partition coefficient (Wildman–Crippen LogP) is 3.04. The van der Waals surface area contributed by atoms with Crippen molar-refractivity contribution in [3.8, 4) is 0 Å². The van der Waals surface area contributed by atoms with E-state index in [0.29, 0.717) is 11.8 Å². The summed E-state index contributed by atoms with van der Waals surface area (Å²) in [6, 6.07) is 0. The molecular formula is C17H32N2O. The minimum Gasteiger partial charge on any atom is -0.342 e. The average molecular weight is 280 g/mol. The van der Waals surface area contributed by atoms with Crippen LogP contribution in [0.4, 0.5) is 0 Å². The quantitative estimate of drug-likeness (QED) is 0.863. The molecule has 2 rings (SSSR count). The Kier molecular flexibility index (Phi) is 5.88. The van der Waals surface area contributed by atoms with Crippen LogP contribution in [0.15, 0.2) is 0 Å². The molecule has 1 amide bonds. The lowest BCUT2D eigenvalue weighted by Crippen LogP contribution is -2.39. The molecule has 0 spiro atoms. The Balaban J connectivity index is 1.83. The molecule has 2 aliphatic rings. The zero-order valence-electron chi connectivity index (χ0n) is 13.3. The summed E-state index contributed by atoms with van der Waals surface area (Å²) in [5.41, 5.74) is 5.74. The number of carbonyl (C=O) groups excluding carboxylic acids is 1. The Hall–Kier alpha value is -0.570. The van der Waals surface area contributed by atoms with Gasteiger partial charge in [0.25, 0.3) is 0 Å². The molecule has 0 bridgehead atoms. The second kappa shape index (κ2) is 7.44. The highest BCUT2D eigenvalue weighted by Crippen LogP contribution is 2.31. The number of hydrogen-bond acceptors (Lipinski definition) is 2. The van der Waals surface area contributed by atoms with E-state index in [-0.39, 0.29) is 5.92 Å². The number of amides is 1. The highest BCUT2D eigenvalue weighted by Gasteiger charge is 2.30. The summed E-state index contributed by atoms with van der Waals surface area (Å²) >= 11 is 0. The largest absolute Gasteiger partial charge is 0.342 e. The van der Waals surface area contributed by atoms with Gasteiger partial charge in [0.1, 0.15) is 0 Å². The molecule has 1 aliphatic carbocycles. The van der Waals surface area contributed by atoms with Gasteiger partial charge < -0.3 is 10.6 Å². The summed E-state index contributed by atoms with van der Waals surface area (Å²) in [4.78, 5) is 14.8. The summed E-state index contributed by atoms with van der Waals surface area (Å²) in [7, 11) is 0. The van der Waals surface area contributed by atoms with Gasteiger partial charge in [0, 0.05) is 19.0 Å². The minimum atomic E-state index is 0.286. The van der Waals surface area contributed by atoms with Crippen LogP contribution in [0.25, 0.3) is 0 Å². The Labute approximate surface area is 124 Å². The van der Waals surface area contributed by atoms with Gasteiger partial charge in [-0.05, 0) is 69.2 Å². The van der Waals surface area contributed by atoms with E-state index in [1.807, 2.05) is 0 Å². The fourth-order valence-corrected chi connectivity index (χ4v) is 3.91. The second-order valence-electron chi connectivity index (χ2n) is 7.21. The standard InChI is InChI=1S/C17H32N2O/c1-13(2)15-4-3-10-19(11-9-15)17(20)16-7-5-14(12-18)6-8-16/h13-16H,3-12,18H2,1-2H3. The molecule has 1 heterocycles. The molecule has 0 radical (unpaired) electrons. The van der Waals surface area contributed by atoms with Crippen molar-refractivity contribution in [1.82, 2.24) is 4.90 Å². The molecule has 0 aromatic carbocycles. The summed E-state index contributed by atoms with van der Waals surface area (Å²) in [6.07, 6.45) is 8.09. The first kappa shape index (κ1) is 15.8. The number of carbonyl (C=O) groups is 1. The van der Waals surface area contributed by atoms with Crippen LogP contribution in [-0.4, -0.2) is 30.4 Å². The molecule has 3 heteroatoms. The van der Waals surface area contributed by atoms with Crippen LogP contribution in [0.5, 0.6) is 0 Å². The Bertz CT molecular complexity index is 308. The van der Waals surface area contributed by atoms with Crippen LogP contribution in [-0.2, 0) is 4.79 Å². The number of hydrogen-bond donors (Lipinski definition) is 1. The summed E-state index contributed by atoms with van der Waals surface area (Å²) in [6.45, 7) is 7.39. The van der Waals surface area contributed by atoms with Gasteiger partial charge in [0.2, 0.25) is 5.91 Å². The molecule has 20 heavy (non-hydrogen) atoms. The van der Waals surface area contributed by atoms with E-state index in [1.54, 1.807) is 0 Å². The van der Waals surface area contributed by atoms with E-state index in [2.05, 4.69) is 18.7 Å². The minimum absolute atomic E-state index is 0.286. The molecular weight excluding hydrogens is 248 g/mol. The van der Waals surface area contributed by atoms with Gasteiger partial charge in [0.05, 0.1) is 0 Å². The topological polar surface area (TPSA) is 46.3 Å². The van der Waals surface area contributed by atoms with E-state index in [9.17, 15) is 4.79 Å². The SMILES string of the molecule is CC(C)C1CCCN(C(=O)C2CCC(CN)CC2)CC1. The lowest BCUT2D eigenvalue weighted by molar-refractivity contribution is -0.136. The van der Waals surface area contributed by atoms with Gasteiger partial charge in [0.15, 0.2) is 0 Å². The van der Waals surface area contributed by atoms with Crippen molar-refractivity contribution in [3.63, 3.8) is 0 Å². The van der Waals surface area contributed by atoms with Crippen molar-refractivity contribution >= 4 is 5.91 Å². The Morgan fingerprint density at radius 3 is 2.40 bits per heavy atom. The van der Waals surface area contributed by atoms with Crippen LogP contribution in [0.1, 0.15) is 58.8 Å². The average Bonchev–Trinajstić information content (AvgIpc) is 2.72. The molecule has 2 N–H and O–H groups in total. The first-order chi connectivity index (χ1) is 9.61. The van der Waals surface area contributed by atoms with Gasteiger partial charge in [-0.1, -0.05) is 13.8 Å². The van der Waals surface area contributed by atoms with Crippen LogP contribution in [0.3, 0.4) is 0 Å². The third kappa shape index (κ3) is 3.97. The van der Waals surface area contributed by atoms with Crippen LogP contribution < -0.4 is 5.73 Å². The molecule has 0 aromatic rings. The zero-order chi connectivity index (χ0) is 14.5. The normalized spacial score (nSPS) is 32.2. The van der Waals surface area contributed by atoms with Crippen molar-refractivity contribution in [2.45, 2.75) is 58.8 Å². The number of rotatable bonds is 3. The van der Waals surface area contributed by atoms with Gasteiger partial charge >= 0.3 is 0 Å². The third-order valence-electron chi connectivity index (χ3n) is 5.56. The van der Waals surface area contributed by atoms with Crippen LogP contribution >= 0.6 is 0 Å². The monoisotopic (exact) mass is 280 g/mol. The maximum absolute atomic E-state index is 12.7. The van der Waals surface area contributed by atoms with E-state index in [1.165, 1.54) is 19.3 Å². The number of nitrogens with two attached hydrogens (primary N) is 1. The Morgan fingerprint density at radius 1 is 1.10 bits per heavy atom. The van der Waals surface area contributed by atoms with Gasteiger partial charge in [-0.15, -0.1) is 0 Å². The van der Waals surface area contributed by atoms with Gasteiger partial charge in [-0.3, -0.25) is 4.79 Å². The zero-order valence-corrected chi connectivity index (χ0v) is 13.3. The first-order valence-corrected chi connectivity index (χ1v) is 8.60. The molecule has 3 nitrogen and oxygen atoms in total. The van der Waals surface area contributed by atoms with Gasteiger partial charge in [-0.25, -0.2) is 0 Å². The lowest BCUT2D eigenvalue weighted by Gasteiger charge is -2.31. The maximum atomic E-state index is 12.7. The van der Waals surface area contributed by atoms with Gasteiger partial charge in [-0.2, -0.15) is 0 Å². The van der Waals surface area contributed by atoms with Crippen LogP contribution in [0, 0.1) is 23.7 Å². The molecule has 1 saturated heterocycles. The van der Waals surface area contributed by atoms with Crippen molar-refractivity contribution in [3.05, 3.63) is 0 Å². The van der Waals surface area contributed by atoms with E-state index < -0.39 is 0 Å². The highest BCUT2D eigenvalue weighted by molar-refractivity contribution is 5.79. The smallest absolute Gasteiger partial charge is 0.225 e. The molecule has 0 aromatic heterocycles. The predicted molar refractivity (Wildman–Crippen MR) is 83.3 cm³/mol. The Morgan fingerprint density at radius 2 is 1.80 bits per heavy atom. The first-order valence-electron chi connectivity index (χ1n) is 8.60. The van der Waals surface area contributed by atoms with E-state index in [0.717, 1.165) is 57.2 Å². The summed E-state index contributed by atoms with van der Waals surface area (Å²) in [5.74, 6) is 2.94. The van der Waals surface area contributed by atoms with E-state index >= 15 is 0 Å². The molecule has 1 aliphatic heterocycles.